The van der Waals surface area contributed by atoms with Crippen molar-refractivity contribution < 1.29 is 9.69 Å². The summed E-state index contributed by atoms with van der Waals surface area (Å²) in [5.74, 6) is 1.98. The predicted octanol–water partition coefficient (Wildman–Crippen LogP) is 0.515. The third kappa shape index (κ3) is 3.55. The number of piperidine rings is 1. The van der Waals surface area contributed by atoms with Gasteiger partial charge in [0.1, 0.15) is 6.04 Å². The summed E-state index contributed by atoms with van der Waals surface area (Å²) in [5.41, 5.74) is 0. The second kappa shape index (κ2) is 7.21. The van der Waals surface area contributed by atoms with E-state index in [0.717, 1.165) is 49.9 Å². The number of aromatic nitrogens is 3. The van der Waals surface area contributed by atoms with Crippen LogP contribution >= 0.6 is 11.8 Å². The lowest BCUT2D eigenvalue weighted by atomic mass is 10.0. The minimum absolute atomic E-state index is 0.305. The molecule has 0 spiro atoms. The highest BCUT2D eigenvalue weighted by molar-refractivity contribution is 7.98. The lowest BCUT2D eigenvalue weighted by Gasteiger charge is -2.32. The zero-order chi connectivity index (χ0) is 16.4. The zero-order valence-corrected chi connectivity index (χ0v) is 15.2. The Bertz CT molecular complexity index is 561. The van der Waals surface area contributed by atoms with Crippen molar-refractivity contribution in [3.8, 4) is 0 Å². The topological polar surface area (TPSA) is 55.5 Å². The molecule has 7 heteroatoms. The third-order valence-corrected chi connectivity index (χ3v) is 5.95. The van der Waals surface area contributed by atoms with Crippen LogP contribution < -0.4 is 4.90 Å². The number of nitrogens with one attached hydrogen (secondary N) is 1. The second-order valence-corrected chi connectivity index (χ2v) is 7.74. The van der Waals surface area contributed by atoms with Crippen LogP contribution in [0.4, 0.5) is 0 Å². The number of carbonyl (C=O) groups is 1. The first kappa shape index (κ1) is 16.8. The van der Waals surface area contributed by atoms with Crippen LogP contribution in [0, 0.1) is 5.92 Å². The molecule has 1 aromatic rings. The minimum Gasteiger partial charge on any atom is -0.338 e. The Hall–Kier alpha value is -1.08. The van der Waals surface area contributed by atoms with Crippen molar-refractivity contribution in [2.45, 2.75) is 43.8 Å². The van der Waals surface area contributed by atoms with Gasteiger partial charge in [0.05, 0.1) is 6.54 Å². The number of hydrogen-bond donors (Lipinski definition) is 1. The molecular formula is C16H28N5OS+. The van der Waals surface area contributed by atoms with E-state index in [-0.39, 0.29) is 0 Å². The van der Waals surface area contributed by atoms with Crippen LogP contribution in [0.5, 0.6) is 0 Å². The summed E-state index contributed by atoms with van der Waals surface area (Å²) in [6, 6.07) is 0.305. The van der Waals surface area contributed by atoms with E-state index in [0.29, 0.717) is 24.4 Å². The Morgan fingerprint density at radius 3 is 2.87 bits per heavy atom. The maximum Gasteiger partial charge on any atom is 0.277 e. The number of likely N-dealkylation sites (tertiary alicyclic amines) is 2. The summed E-state index contributed by atoms with van der Waals surface area (Å²) >= 11 is 1.62. The fourth-order valence-corrected chi connectivity index (χ4v) is 4.45. The summed E-state index contributed by atoms with van der Waals surface area (Å²) in [5, 5.41) is 9.60. The molecule has 1 unspecified atom stereocenters. The number of quaternary nitrogens is 1. The zero-order valence-electron chi connectivity index (χ0n) is 14.4. The molecule has 2 aliphatic rings. The molecular weight excluding hydrogens is 310 g/mol. The van der Waals surface area contributed by atoms with Gasteiger partial charge >= 0.3 is 0 Å². The van der Waals surface area contributed by atoms with Gasteiger partial charge in [0.25, 0.3) is 5.91 Å². The smallest absolute Gasteiger partial charge is 0.277 e. The Labute approximate surface area is 142 Å². The highest BCUT2D eigenvalue weighted by atomic mass is 32.2. The molecule has 23 heavy (non-hydrogen) atoms. The third-order valence-electron chi connectivity index (χ3n) is 5.23. The average molecular weight is 339 g/mol. The van der Waals surface area contributed by atoms with Crippen molar-refractivity contribution in [2.75, 3.05) is 32.4 Å². The average Bonchev–Trinajstić information content (AvgIpc) is 3.13. The molecule has 1 N–H and O–H groups in total. The Morgan fingerprint density at radius 1 is 1.35 bits per heavy atom. The first-order chi connectivity index (χ1) is 11.1. The molecule has 0 aliphatic carbocycles. The lowest BCUT2D eigenvalue weighted by Crippen LogP contribution is -3.11. The van der Waals surface area contributed by atoms with Crippen LogP contribution in [0.25, 0.3) is 0 Å². The van der Waals surface area contributed by atoms with Gasteiger partial charge in [-0.1, -0.05) is 18.7 Å². The number of thioether (sulfide) groups is 1. The van der Waals surface area contributed by atoms with Gasteiger partial charge in [-0.3, -0.25) is 4.79 Å². The summed E-state index contributed by atoms with van der Waals surface area (Å²) in [6.07, 6.45) is 6.67. The maximum absolute atomic E-state index is 12.7. The van der Waals surface area contributed by atoms with Crippen LogP contribution in [0.2, 0.25) is 0 Å². The van der Waals surface area contributed by atoms with Gasteiger partial charge in [-0.2, -0.15) is 0 Å². The molecule has 0 saturated carbocycles. The van der Waals surface area contributed by atoms with E-state index >= 15 is 0 Å². The maximum atomic E-state index is 12.7. The molecule has 3 heterocycles. The summed E-state index contributed by atoms with van der Waals surface area (Å²) in [6.45, 7) is 5.76. The lowest BCUT2D eigenvalue weighted by molar-refractivity contribution is -0.911. The molecule has 2 aliphatic heterocycles. The van der Waals surface area contributed by atoms with E-state index in [1.54, 1.807) is 11.8 Å². The van der Waals surface area contributed by atoms with Gasteiger partial charge in [-0.05, 0) is 25.0 Å². The van der Waals surface area contributed by atoms with Crippen LogP contribution in [0.15, 0.2) is 5.16 Å². The number of nitrogens with zero attached hydrogens (tertiary/aromatic N) is 4. The van der Waals surface area contributed by atoms with Crippen LogP contribution in [0.1, 0.15) is 44.5 Å². The van der Waals surface area contributed by atoms with E-state index in [4.69, 9.17) is 0 Å². The molecule has 0 bridgehead atoms. The Kier molecular flexibility index (Phi) is 5.26. The fraction of sp³-hybridized carbons (Fsp3) is 0.812. The summed E-state index contributed by atoms with van der Waals surface area (Å²) in [7, 11) is 2.03. The van der Waals surface area contributed by atoms with Crippen molar-refractivity contribution >= 4 is 17.7 Å². The van der Waals surface area contributed by atoms with Crippen molar-refractivity contribution in [3.05, 3.63) is 5.82 Å². The molecule has 6 nitrogen and oxygen atoms in total. The van der Waals surface area contributed by atoms with Crippen molar-refractivity contribution in [3.63, 3.8) is 0 Å². The SMILES string of the molecule is CSc1nnc([C@@H]2CCC[NH+]2CC(=O)N2CCC[C@@H](C)C2)n1C. The highest BCUT2D eigenvalue weighted by Crippen LogP contribution is 2.21. The van der Waals surface area contributed by atoms with E-state index in [1.807, 2.05) is 13.3 Å². The Balaban J connectivity index is 1.67. The van der Waals surface area contributed by atoms with Crippen molar-refractivity contribution in [2.24, 2.45) is 13.0 Å². The van der Waals surface area contributed by atoms with E-state index in [2.05, 4.69) is 26.6 Å². The van der Waals surface area contributed by atoms with E-state index in [9.17, 15) is 4.79 Å². The van der Waals surface area contributed by atoms with E-state index in [1.165, 1.54) is 11.3 Å². The van der Waals surface area contributed by atoms with Crippen molar-refractivity contribution in [1.82, 2.24) is 19.7 Å². The molecule has 2 fully saturated rings. The van der Waals surface area contributed by atoms with Crippen LogP contribution in [-0.4, -0.2) is 58.0 Å². The van der Waals surface area contributed by atoms with Gasteiger partial charge in [-0.25, -0.2) is 0 Å². The van der Waals surface area contributed by atoms with Gasteiger partial charge in [0, 0.05) is 33.0 Å². The molecule has 0 radical (unpaired) electrons. The second-order valence-electron chi connectivity index (χ2n) is 6.97. The number of hydrogen-bond acceptors (Lipinski definition) is 4. The van der Waals surface area contributed by atoms with Crippen LogP contribution in [-0.2, 0) is 11.8 Å². The number of carbonyl (C=O) groups excluding carboxylic acids is 1. The molecule has 128 valence electrons. The normalized spacial score (nSPS) is 28.3. The monoisotopic (exact) mass is 338 g/mol. The molecule has 1 amide bonds. The van der Waals surface area contributed by atoms with Gasteiger partial charge in [-0.15, -0.1) is 10.2 Å². The van der Waals surface area contributed by atoms with Gasteiger partial charge in [0.15, 0.2) is 17.5 Å². The molecule has 3 rings (SSSR count). The van der Waals surface area contributed by atoms with Gasteiger partial charge < -0.3 is 14.4 Å². The first-order valence-corrected chi connectivity index (χ1v) is 9.88. The van der Waals surface area contributed by atoms with Gasteiger partial charge in [0.2, 0.25) is 0 Å². The quantitative estimate of drug-likeness (QED) is 0.813. The number of amides is 1. The first-order valence-electron chi connectivity index (χ1n) is 8.65. The standard InChI is InChI=1S/C16H27N5OS/c1-12-6-4-9-21(10-12)14(22)11-20-8-5-7-13(20)15-17-18-16(23-3)19(15)2/h12-13H,4-11H2,1-3H3/p+1/t12-,13+/m1/s1. The largest absolute Gasteiger partial charge is 0.338 e. The van der Waals surface area contributed by atoms with Crippen LogP contribution in [0.3, 0.4) is 0 Å². The summed E-state index contributed by atoms with van der Waals surface area (Å²) < 4.78 is 2.09. The fourth-order valence-electron chi connectivity index (χ4n) is 3.96. The predicted molar refractivity (Wildman–Crippen MR) is 90.4 cm³/mol. The molecule has 3 atom stereocenters. The molecule has 0 aromatic carbocycles. The molecule has 2 saturated heterocycles. The van der Waals surface area contributed by atoms with E-state index < -0.39 is 0 Å². The minimum atomic E-state index is 0.305. The summed E-state index contributed by atoms with van der Waals surface area (Å²) in [4.78, 5) is 16.1. The number of rotatable bonds is 4. The van der Waals surface area contributed by atoms with Crippen molar-refractivity contribution in [1.29, 1.82) is 0 Å². The Morgan fingerprint density at radius 2 is 2.17 bits per heavy atom. The molecule has 1 aromatic heterocycles. The highest BCUT2D eigenvalue weighted by Gasteiger charge is 2.36.